The van der Waals surface area contributed by atoms with Gasteiger partial charge in [-0.05, 0) is 47.2 Å². The smallest absolute Gasteiger partial charge is 0.255 e. The number of anilines is 2. The molecule has 2 heterocycles. The second-order valence-corrected chi connectivity index (χ2v) is 8.31. The predicted molar refractivity (Wildman–Crippen MR) is 128 cm³/mol. The molecule has 4 aromatic rings. The Bertz CT molecular complexity index is 1230. The summed E-state index contributed by atoms with van der Waals surface area (Å²) in [5, 5.41) is 14.0. The molecule has 1 amide bonds. The van der Waals surface area contributed by atoms with Crippen LogP contribution in [0.3, 0.4) is 0 Å². The fraction of sp³-hybridized carbons (Fsp3) is 0.192. The number of carbonyl (C=O) groups is 1. The Morgan fingerprint density at radius 3 is 2.34 bits per heavy atom. The van der Waals surface area contributed by atoms with Crippen molar-refractivity contribution in [1.82, 2.24) is 10.2 Å². The van der Waals surface area contributed by atoms with Crippen molar-refractivity contribution in [3.05, 3.63) is 84.4 Å². The summed E-state index contributed by atoms with van der Waals surface area (Å²) in [5.41, 5.74) is 3.17. The number of amides is 1. The minimum atomic E-state index is -0.123. The number of carbonyl (C=O) groups excluding carboxylic acids is 1. The summed E-state index contributed by atoms with van der Waals surface area (Å²) in [7, 11) is 2.22. The van der Waals surface area contributed by atoms with Crippen LogP contribution in [0.25, 0.3) is 22.0 Å². The first-order chi connectivity index (χ1) is 15.7. The number of fused-ring (bicyclic) bond motifs is 1. The van der Waals surface area contributed by atoms with Crippen LogP contribution in [-0.2, 0) is 0 Å². The van der Waals surface area contributed by atoms with Gasteiger partial charge in [-0.25, -0.2) is 0 Å². The lowest BCUT2D eigenvalue weighted by molar-refractivity contribution is -0.880. The van der Waals surface area contributed by atoms with E-state index in [0.717, 1.165) is 59.7 Å². The average Bonchev–Trinajstić information content (AvgIpc) is 2.85. The molecule has 1 aromatic heterocycles. The molecular formula is C26H26N5O+. The summed E-state index contributed by atoms with van der Waals surface area (Å²) < 4.78 is 0. The molecule has 0 atom stereocenters. The molecular weight excluding hydrogens is 398 g/mol. The van der Waals surface area contributed by atoms with E-state index in [1.54, 1.807) is 4.90 Å². The van der Waals surface area contributed by atoms with Crippen LogP contribution in [0.4, 0.5) is 11.5 Å². The quantitative estimate of drug-likeness (QED) is 0.529. The zero-order chi connectivity index (χ0) is 21.9. The number of benzene rings is 3. The summed E-state index contributed by atoms with van der Waals surface area (Å²) in [5.74, 6) is 0.808. The highest BCUT2D eigenvalue weighted by Crippen LogP contribution is 2.22. The van der Waals surface area contributed by atoms with Gasteiger partial charge < -0.3 is 15.1 Å². The van der Waals surface area contributed by atoms with Crippen molar-refractivity contribution in [3.63, 3.8) is 0 Å². The number of piperazine rings is 1. The van der Waals surface area contributed by atoms with Crippen molar-refractivity contribution in [1.29, 1.82) is 0 Å². The highest BCUT2D eigenvalue weighted by molar-refractivity contribution is 6.06. The number of nitrogens with zero attached hydrogens (tertiary/aromatic N) is 3. The van der Waals surface area contributed by atoms with E-state index in [1.807, 2.05) is 78.9 Å². The van der Waals surface area contributed by atoms with Gasteiger partial charge in [0.25, 0.3) is 5.91 Å². The normalized spacial score (nSPS) is 14.5. The molecule has 0 unspecified atom stereocenters. The van der Waals surface area contributed by atoms with E-state index >= 15 is 0 Å². The molecule has 1 aliphatic heterocycles. The molecule has 5 rings (SSSR count). The third kappa shape index (κ3) is 4.31. The first kappa shape index (κ1) is 20.2. The van der Waals surface area contributed by atoms with Gasteiger partial charge in [-0.2, -0.15) is 0 Å². The van der Waals surface area contributed by atoms with E-state index in [1.165, 1.54) is 0 Å². The summed E-state index contributed by atoms with van der Waals surface area (Å²) in [6.45, 7) is 4.25. The second-order valence-electron chi connectivity index (χ2n) is 8.31. The van der Waals surface area contributed by atoms with Crippen LogP contribution < -0.4 is 15.1 Å². The van der Waals surface area contributed by atoms with E-state index < -0.39 is 0 Å². The van der Waals surface area contributed by atoms with E-state index in [9.17, 15) is 4.79 Å². The van der Waals surface area contributed by atoms with Gasteiger partial charge in [-0.1, -0.05) is 42.5 Å². The van der Waals surface area contributed by atoms with Gasteiger partial charge in [0.15, 0.2) is 5.82 Å². The topological polar surface area (TPSA) is 62.6 Å². The molecule has 6 nitrogen and oxygen atoms in total. The van der Waals surface area contributed by atoms with Crippen LogP contribution in [-0.4, -0.2) is 49.3 Å². The Hall–Kier alpha value is -3.77. The number of nitrogens with one attached hydrogen (secondary N) is 2. The Balaban J connectivity index is 1.26. The Labute approximate surface area is 187 Å². The molecule has 2 N–H and O–H groups in total. The number of hydrogen-bond acceptors (Lipinski definition) is 4. The van der Waals surface area contributed by atoms with Crippen LogP contribution in [0.1, 0.15) is 10.4 Å². The van der Waals surface area contributed by atoms with Gasteiger partial charge in [0, 0.05) is 16.8 Å². The average molecular weight is 425 g/mol. The molecule has 0 radical (unpaired) electrons. The van der Waals surface area contributed by atoms with Gasteiger partial charge in [-0.3, -0.25) is 4.79 Å². The molecule has 3 aromatic carbocycles. The Morgan fingerprint density at radius 1 is 0.875 bits per heavy atom. The summed E-state index contributed by atoms with van der Waals surface area (Å²) in [4.78, 5) is 16.5. The van der Waals surface area contributed by atoms with Crippen molar-refractivity contribution in [2.75, 3.05) is 43.4 Å². The molecule has 32 heavy (non-hydrogen) atoms. The fourth-order valence-electron chi connectivity index (χ4n) is 4.02. The van der Waals surface area contributed by atoms with Gasteiger partial charge in [-0.15, -0.1) is 10.2 Å². The van der Waals surface area contributed by atoms with Gasteiger partial charge in [0.1, 0.15) is 0 Å². The first-order valence-corrected chi connectivity index (χ1v) is 11.0. The maximum atomic E-state index is 12.7. The molecule has 0 bridgehead atoms. The van der Waals surface area contributed by atoms with Crippen LogP contribution in [0.2, 0.25) is 0 Å². The Kier molecular flexibility index (Phi) is 5.52. The number of rotatable bonds is 4. The monoisotopic (exact) mass is 424 g/mol. The van der Waals surface area contributed by atoms with Crippen molar-refractivity contribution in [2.24, 2.45) is 0 Å². The first-order valence-electron chi connectivity index (χ1n) is 11.0. The summed E-state index contributed by atoms with van der Waals surface area (Å²) in [6, 6.07) is 25.5. The van der Waals surface area contributed by atoms with E-state index in [4.69, 9.17) is 0 Å². The third-order valence-corrected chi connectivity index (χ3v) is 6.04. The lowest BCUT2D eigenvalue weighted by Crippen LogP contribution is -3.12. The maximum absolute atomic E-state index is 12.7. The van der Waals surface area contributed by atoms with Crippen molar-refractivity contribution >= 4 is 28.2 Å². The van der Waals surface area contributed by atoms with Crippen LogP contribution >= 0.6 is 0 Å². The van der Waals surface area contributed by atoms with Crippen molar-refractivity contribution in [3.8, 4) is 11.3 Å². The van der Waals surface area contributed by atoms with E-state index in [2.05, 4.69) is 27.5 Å². The summed E-state index contributed by atoms with van der Waals surface area (Å²) in [6.07, 6.45) is 0. The van der Waals surface area contributed by atoms with Crippen LogP contribution in [0.5, 0.6) is 0 Å². The van der Waals surface area contributed by atoms with Gasteiger partial charge in [0.2, 0.25) is 0 Å². The minimum Gasteiger partial charge on any atom is -0.344 e. The fourth-order valence-corrected chi connectivity index (χ4v) is 4.02. The third-order valence-electron chi connectivity index (χ3n) is 6.04. The molecule has 6 heteroatoms. The van der Waals surface area contributed by atoms with Crippen LogP contribution in [0, 0.1) is 0 Å². The zero-order valence-electron chi connectivity index (χ0n) is 18.1. The van der Waals surface area contributed by atoms with E-state index in [0.29, 0.717) is 5.56 Å². The molecule has 160 valence electrons. The lowest BCUT2D eigenvalue weighted by Gasteiger charge is -2.30. The van der Waals surface area contributed by atoms with Crippen LogP contribution in [0.15, 0.2) is 78.9 Å². The predicted octanol–water partition coefficient (Wildman–Crippen LogP) is 2.88. The molecule has 1 aliphatic rings. The zero-order valence-corrected chi connectivity index (χ0v) is 18.1. The summed E-state index contributed by atoms with van der Waals surface area (Å²) >= 11 is 0. The number of aromatic nitrogens is 2. The largest absolute Gasteiger partial charge is 0.344 e. The maximum Gasteiger partial charge on any atom is 0.255 e. The van der Waals surface area contributed by atoms with Gasteiger partial charge >= 0.3 is 0 Å². The molecule has 0 saturated carbocycles. The minimum absolute atomic E-state index is 0.123. The standard InChI is InChI=1S/C26H25N5O/c1-30-14-16-31(17-15-30)25-13-12-24(28-29-25)20-8-10-23(11-9-20)27-26(32)22-7-6-19-4-2-3-5-21(19)18-22/h2-13,18H,14-17H2,1H3,(H,27,32)/p+1. The second kappa shape index (κ2) is 8.77. The highest BCUT2D eigenvalue weighted by atomic mass is 16.1. The molecule has 0 spiro atoms. The Morgan fingerprint density at radius 2 is 1.62 bits per heavy atom. The number of likely N-dealkylation sites (N-methyl/N-ethyl adjacent to an activating group) is 1. The SMILES string of the molecule is C[NH+]1CCN(c2ccc(-c3ccc(NC(=O)c4ccc5ccccc5c4)cc3)nn2)CC1. The highest BCUT2D eigenvalue weighted by Gasteiger charge is 2.18. The van der Waals surface area contributed by atoms with Gasteiger partial charge in [0.05, 0.1) is 38.9 Å². The lowest BCUT2D eigenvalue weighted by atomic mass is 10.1. The van der Waals surface area contributed by atoms with E-state index in [-0.39, 0.29) is 5.91 Å². The van der Waals surface area contributed by atoms with Crippen molar-refractivity contribution in [2.45, 2.75) is 0 Å². The molecule has 0 aliphatic carbocycles. The molecule has 1 saturated heterocycles. The number of hydrogen-bond donors (Lipinski definition) is 2. The van der Waals surface area contributed by atoms with Crippen molar-refractivity contribution < 1.29 is 9.69 Å². The number of quaternary nitrogens is 1. The molecule has 1 fully saturated rings.